The molecule has 2 atom stereocenters. The minimum absolute atomic E-state index is 0.0988. The highest BCUT2D eigenvalue weighted by Crippen LogP contribution is 2.27. The van der Waals surface area contributed by atoms with Crippen molar-refractivity contribution < 1.29 is 19.1 Å². The van der Waals surface area contributed by atoms with Gasteiger partial charge in [-0.25, -0.2) is 9.03 Å². The summed E-state index contributed by atoms with van der Waals surface area (Å²) in [6, 6.07) is 30.7. The van der Waals surface area contributed by atoms with Gasteiger partial charge in [-0.15, -0.1) is 10.2 Å². The van der Waals surface area contributed by atoms with Gasteiger partial charge in [-0.3, -0.25) is 24.6 Å². The summed E-state index contributed by atoms with van der Waals surface area (Å²) >= 11 is 0. The van der Waals surface area contributed by atoms with Gasteiger partial charge >= 0.3 is 5.97 Å². The van der Waals surface area contributed by atoms with Crippen LogP contribution in [-0.4, -0.2) is 130 Å². The molecule has 0 bridgehead atoms. The van der Waals surface area contributed by atoms with Crippen LogP contribution in [0, 0.1) is 13.8 Å². The molecule has 2 aromatic carbocycles. The van der Waals surface area contributed by atoms with Crippen molar-refractivity contribution in [2.45, 2.75) is 46.1 Å². The van der Waals surface area contributed by atoms with E-state index in [0.29, 0.717) is 93.1 Å². The number of rotatable bonds is 12. The molecule has 0 spiro atoms. The molecule has 6 aromatic heterocycles. The van der Waals surface area contributed by atoms with Crippen LogP contribution in [0.25, 0.3) is 11.0 Å². The smallest absolute Gasteiger partial charge is 0.303 e. The largest absolute Gasteiger partial charge is 0.447 e. The molecule has 0 aliphatic carbocycles. The molecular formula is C48H54N16O4. The lowest BCUT2D eigenvalue weighted by atomic mass is 9.95. The Balaban J connectivity index is 0.000000170. The van der Waals surface area contributed by atoms with Crippen molar-refractivity contribution in [3.8, 4) is 0 Å². The van der Waals surface area contributed by atoms with Gasteiger partial charge in [-0.05, 0) is 50.1 Å². The van der Waals surface area contributed by atoms with Gasteiger partial charge in [0.1, 0.15) is 11.0 Å². The van der Waals surface area contributed by atoms with E-state index in [1.165, 1.54) is 6.92 Å². The number of esters is 1. The highest BCUT2D eigenvalue weighted by molar-refractivity contribution is 5.85. The summed E-state index contributed by atoms with van der Waals surface area (Å²) in [4.78, 5) is 55.5. The topological polar surface area (TPSA) is 215 Å². The first-order chi connectivity index (χ1) is 33.1. The number of nitrogens with one attached hydrogen (secondary N) is 4. The Kier molecular flexibility index (Phi) is 13.2. The van der Waals surface area contributed by atoms with Crippen molar-refractivity contribution in [3.63, 3.8) is 0 Å². The predicted octanol–water partition coefficient (Wildman–Crippen LogP) is 5.80. The van der Waals surface area contributed by atoms with Gasteiger partial charge in [0, 0.05) is 101 Å². The van der Waals surface area contributed by atoms with Crippen molar-refractivity contribution in [2.24, 2.45) is 0 Å². The Morgan fingerprint density at radius 2 is 1.07 bits per heavy atom. The zero-order valence-corrected chi connectivity index (χ0v) is 38.4. The van der Waals surface area contributed by atoms with Gasteiger partial charge in [0.25, 0.3) is 5.91 Å². The summed E-state index contributed by atoms with van der Waals surface area (Å²) < 4.78 is 8.98. The van der Waals surface area contributed by atoms with Gasteiger partial charge in [-0.2, -0.15) is 20.2 Å². The van der Waals surface area contributed by atoms with E-state index in [1.54, 1.807) is 21.5 Å². The standard InChI is InChI=1S/C24H26N8O3.C24H28N8O/c1-16-15-20(28-27-16)25-22-19-9-6-10-32(19)29-24(26-22)31-13-11-30(12-14-31)23(34)21(35-17(2)33)18-7-4-3-5-8-18;1-3-19(18-8-5-4-6-9-18)23(33)30-12-14-31(15-13-30)24-26-22(20-10-7-11-32(20)29-24)25-21-16-17(2)27-28-21/h3-10,15,21H,11-14H2,1-2H3,(H2,25,26,27,28,29);4-11,16,19H,3,12-15H2,1-2H3,(H2,25,26,27,28,29)/t;19-/m.1/s1. The van der Waals surface area contributed by atoms with Crippen LogP contribution in [0.5, 0.6) is 0 Å². The van der Waals surface area contributed by atoms with Crippen LogP contribution in [-0.2, 0) is 19.1 Å². The number of carbonyl (C=O) groups is 3. The number of hydrogen-bond donors (Lipinski definition) is 4. The van der Waals surface area contributed by atoms with Crippen molar-refractivity contribution in [1.29, 1.82) is 0 Å². The lowest BCUT2D eigenvalue weighted by Crippen LogP contribution is -2.51. The second kappa shape index (κ2) is 20.1. The van der Waals surface area contributed by atoms with Gasteiger partial charge < -0.3 is 35.0 Å². The number of aromatic nitrogens is 10. The maximum atomic E-state index is 13.3. The molecule has 2 aliphatic heterocycles. The van der Waals surface area contributed by atoms with E-state index < -0.39 is 12.1 Å². The number of hydrogen-bond acceptors (Lipinski definition) is 14. The maximum Gasteiger partial charge on any atom is 0.303 e. The molecule has 2 saturated heterocycles. The minimum Gasteiger partial charge on any atom is -0.447 e. The second-order valence-corrected chi connectivity index (χ2v) is 16.7. The van der Waals surface area contributed by atoms with Gasteiger partial charge in [0.15, 0.2) is 23.3 Å². The quantitative estimate of drug-likeness (QED) is 0.107. The number of fused-ring (bicyclic) bond motifs is 2. The van der Waals surface area contributed by atoms with E-state index in [2.05, 4.69) is 48.0 Å². The molecule has 4 N–H and O–H groups in total. The first-order valence-electron chi connectivity index (χ1n) is 22.7. The monoisotopic (exact) mass is 918 g/mol. The molecule has 8 aromatic rings. The van der Waals surface area contributed by atoms with E-state index in [-0.39, 0.29) is 17.7 Å². The lowest BCUT2D eigenvalue weighted by molar-refractivity contribution is -0.159. The van der Waals surface area contributed by atoms with Crippen LogP contribution >= 0.6 is 0 Å². The summed E-state index contributed by atoms with van der Waals surface area (Å²) in [6.07, 6.45) is 3.61. The van der Waals surface area contributed by atoms with Crippen molar-refractivity contribution in [1.82, 2.24) is 59.4 Å². The Labute approximate surface area is 392 Å². The number of nitrogens with zero attached hydrogens (tertiary/aromatic N) is 12. The first kappa shape index (κ1) is 44.9. The first-order valence-corrected chi connectivity index (χ1v) is 22.7. The molecule has 2 aliphatic rings. The average molecular weight is 919 g/mol. The van der Waals surface area contributed by atoms with Gasteiger partial charge in [-0.1, -0.05) is 67.6 Å². The molecule has 10 rings (SSSR count). The Morgan fingerprint density at radius 1 is 0.618 bits per heavy atom. The molecule has 0 radical (unpaired) electrons. The number of benzene rings is 2. The van der Waals surface area contributed by atoms with E-state index in [4.69, 9.17) is 19.8 Å². The molecule has 68 heavy (non-hydrogen) atoms. The lowest BCUT2D eigenvalue weighted by Gasteiger charge is -2.36. The molecule has 20 nitrogen and oxygen atoms in total. The normalized spacial score (nSPS) is 14.9. The summed E-state index contributed by atoms with van der Waals surface area (Å²) in [5, 5.41) is 30.2. The SMILES string of the molecule is CC(=O)OC(C(=O)N1CCN(c2nc(Nc3cc(C)[nH]n3)c3cccn3n2)CC1)c1ccccc1.CC[C@@H](C(=O)N1CCN(c2nc(Nc3cc(C)[nH]n3)c3cccn3n2)CC1)c1ccccc1. The van der Waals surface area contributed by atoms with Crippen LogP contribution in [0.2, 0.25) is 0 Å². The number of amides is 2. The Morgan fingerprint density at radius 3 is 1.50 bits per heavy atom. The third-order valence-corrected chi connectivity index (χ3v) is 11.9. The fourth-order valence-electron chi connectivity index (χ4n) is 8.44. The van der Waals surface area contributed by atoms with Gasteiger partial charge in [0.05, 0.1) is 5.92 Å². The zero-order chi connectivity index (χ0) is 47.1. The second-order valence-electron chi connectivity index (χ2n) is 16.7. The van der Waals surface area contributed by atoms with Crippen LogP contribution in [0.3, 0.4) is 0 Å². The zero-order valence-electron chi connectivity index (χ0n) is 38.4. The van der Waals surface area contributed by atoms with Crippen molar-refractivity contribution >= 4 is 64.0 Å². The van der Waals surface area contributed by atoms with E-state index in [0.717, 1.165) is 34.4 Å². The summed E-state index contributed by atoms with van der Waals surface area (Å²) in [5.41, 5.74) is 5.35. The number of aromatic amines is 2. The number of ether oxygens (including phenoxy) is 1. The number of aryl methyl sites for hydroxylation is 2. The summed E-state index contributed by atoms with van der Waals surface area (Å²) in [7, 11) is 0. The summed E-state index contributed by atoms with van der Waals surface area (Å²) in [5.74, 6) is 3.28. The van der Waals surface area contributed by atoms with Crippen LogP contribution in [0.1, 0.15) is 54.8 Å². The molecule has 20 heteroatoms. The highest BCUT2D eigenvalue weighted by Gasteiger charge is 2.32. The van der Waals surface area contributed by atoms with E-state index in [1.807, 2.05) is 125 Å². The highest BCUT2D eigenvalue weighted by atomic mass is 16.5. The number of H-pyrrole nitrogens is 2. The molecule has 0 saturated carbocycles. The molecular weight excluding hydrogens is 865 g/mol. The third-order valence-electron chi connectivity index (χ3n) is 11.9. The number of piperazine rings is 2. The molecule has 2 fully saturated rings. The summed E-state index contributed by atoms with van der Waals surface area (Å²) in [6.45, 7) is 11.9. The Hall–Kier alpha value is -8.29. The van der Waals surface area contributed by atoms with E-state index in [9.17, 15) is 14.4 Å². The predicted molar refractivity (Wildman–Crippen MR) is 257 cm³/mol. The Bertz CT molecular complexity index is 2990. The average Bonchev–Trinajstić information content (AvgIpc) is 4.21. The fourth-order valence-corrected chi connectivity index (χ4v) is 8.44. The van der Waals surface area contributed by atoms with Crippen LogP contribution < -0.4 is 20.4 Å². The number of carbonyl (C=O) groups excluding carboxylic acids is 3. The van der Waals surface area contributed by atoms with Crippen LogP contribution in [0.15, 0.2) is 109 Å². The molecule has 350 valence electrons. The molecule has 8 heterocycles. The third kappa shape index (κ3) is 10.1. The molecule has 1 unspecified atom stereocenters. The van der Waals surface area contributed by atoms with Crippen molar-refractivity contribution in [3.05, 3.63) is 132 Å². The maximum absolute atomic E-state index is 13.3. The van der Waals surface area contributed by atoms with Crippen LogP contribution in [0.4, 0.5) is 35.2 Å². The fraction of sp³-hybridized carbons (Fsp3) is 0.312. The van der Waals surface area contributed by atoms with E-state index >= 15 is 0 Å². The number of anilines is 6. The van der Waals surface area contributed by atoms with Crippen molar-refractivity contribution in [2.75, 3.05) is 72.8 Å². The molecule has 2 amide bonds. The van der Waals surface area contributed by atoms with Gasteiger partial charge in [0.2, 0.25) is 23.9 Å². The minimum atomic E-state index is -0.958.